The second kappa shape index (κ2) is 7.63. The quantitative estimate of drug-likeness (QED) is 0.728. The molecule has 0 saturated heterocycles. The largest absolute Gasteiger partial charge is 0.368 e. The molecule has 1 heterocycles. The van der Waals surface area contributed by atoms with Gasteiger partial charge in [-0.2, -0.15) is 0 Å². The molecule has 2 N–H and O–H groups in total. The summed E-state index contributed by atoms with van der Waals surface area (Å²) >= 11 is 0. The van der Waals surface area contributed by atoms with Crippen molar-refractivity contribution >= 4 is 11.7 Å². The number of nitrogens with zero attached hydrogens (tertiary/aromatic N) is 2. The highest BCUT2D eigenvalue weighted by atomic mass is 16.1. The van der Waals surface area contributed by atoms with E-state index in [9.17, 15) is 4.79 Å². The van der Waals surface area contributed by atoms with E-state index in [1.165, 1.54) is 6.33 Å². The van der Waals surface area contributed by atoms with Crippen LogP contribution in [0.25, 0.3) is 0 Å². The molecule has 0 spiro atoms. The average Bonchev–Trinajstić information content (AvgIpc) is 2.34. The number of unbranched alkanes of at least 4 members (excludes halogenated alkanes) is 2. The molecule has 1 amide bonds. The second-order valence-corrected chi connectivity index (χ2v) is 4.55. The first-order valence-corrected chi connectivity index (χ1v) is 6.50. The molecule has 5 nitrogen and oxygen atoms in total. The smallest absolute Gasteiger partial charge is 0.270 e. The van der Waals surface area contributed by atoms with Crippen molar-refractivity contribution in [3.63, 3.8) is 0 Å². The molecule has 1 aromatic rings. The van der Waals surface area contributed by atoms with Crippen LogP contribution >= 0.6 is 0 Å². The van der Waals surface area contributed by atoms with Gasteiger partial charge < -0.3 is 10.6 Å². The zero-order valence-corrected chi connectivity index (χ0v) is 11.4. The maximum absolute atomic E-state index is 11.8. The summed E-state index contributed by atoms with van der Waals surface area (Å²) in [7, 11) is 0. The van der Waals surface area contributed by atoms with E-state index in [4.69, 9.17) is 0 Å². The molecule has 0 aliphatic rings. The molecule has 0 atom stereocenters. The van der Waals surface area contributed by atoms with Gasteiger partial charge in [0, 0.05) is 18.7 Å². The van der Waals surface area contributed by atoms with Crippen LogP contribution < -0.4 is 10.6 Å². The van der Waals surface area contributed by atoms with Crippen LogP contribution in [0.3, 0.4) is 0 Å². The third-order valence-electron chi connectivity index (χ3n) is 2.40. The van der Waals surface area contributed by atoms with E-state index >= 15 is 0 Å². The highest BCUT2D eigenvalue weighted by molar-refractivity contribution is 5.92. The molecule has 1 aromatic heterocycles. The zero-order valence-electron chi connectivity index (χ0n) is 11.4. The maximum atomic E-state index is 11.8. The molecule has 0 saturated carbocycles. The fourth-order valence-corrected chi connectivity index (χ4v) is 1.52. The SMILES string of the molecule is CCCCCNC(=O)c1cc(NC(C)C)ncn1. The van der Waals surface area contributed by atoms with E-state index in [2.05, 4.69) is 27.5 Å². The van der Waals surface area contributed by atoms with Crippen LogP contribution in [-0.4, -0.2) is 28.5 Å². The topological polar surface area (TPSA) is 66.9 Å². The Labute approximate surface area is 108 Å². The Bertz CT molecular complexity index is 379. The molecule has 0 bridgehead atoms. The van der Waals surface area contributed by atoms with Gasteiger partial charge in [0.15, 0.2) is 0 Å². The number of carbonyl (C=O) groups excluding carboxylic acids is 1. The summed E-state index contributed by atoms with van der Waals surface area (Å²) < 4.78 is 0. The summed E-state index contributed by atoms with van der Waals surface area (Å²) in [5.41, 5.74) is 0.407. The van der Waals surface area contributed by atoms with Crippen molar-refractivity contribution in [2.75, 3.05) is 11.9 Å². The highest BCUT2D eigenvalue weighted by Gasteiger charge is 2.08. The van der Waals surface area contributed by atoms with Crippen molar-refractivity contribution < 1.29 is 4.79 Å². The van der Waals surface area contributed by atoms with Crippen molar-refractivity contribution in [3.05, 3.63) is 18.1 Å². The van der Waals surface area contributed by atoms with Gasteiger partial charge in [-0.15, -0.1) is 0 Å². The lowest BCUT2D eigenvalue weighted by molar-refractivity contribution is 0.0948. The van der Waals surface area contributed by atoms with Crippen LogP contribution in [0.5, 0.6) is 0 Å². The standard InChI is InChI=1S/C13H22N4O/c1-4-5-6-7-14-13(18)11-8-12(16-9-15-11)17-10(2)3/h8-10H,4-7H2,1-3H3,(H,14,18)(H,15,16,17). The Morgan fingerprint density at radius 1 is 1.33 bits per heavy atom. The number of hydrogen-bond donors (Lipinski definition) is 2. The minimum atomic E-state index is -0.139. The van der Waals surface area contributed by atoms with Crippen molar-refractivity contribution in [1.29, 1.82) is 0 Å². The summed E-state index contributed by atoms with van der Waals surface area (Å²) in [6, 6.07) is 1.95. The fraction of sp³-hybridized carbons (Fsp3) is 0.615. The molecular weight excluding hydrogens is 228 g/mol. The number of rotatable bonds is 7. The third-order valence-corrected chi connectivity index (χ3v) is 2.40. The first-order chi connectivity index (χ1) is 8.63. The van der Waals surface area contributed by atoms with Crippen LogP contribution in [0.4, 0.5) is 5.82 Å². The average molecular weight is 250 g/mol. The normalized spacial score (nSPS) is 10.4. The van der Waals surface area contributed by atoms with Gasteiger partial charge in [0.2, 0.25) is 0 Å². The lowest BCUT2D eigenvalue weighted by Crippen LogP contribution is -2.25. The summed E-state index contributed by atoms with van der Waals surface area (Å²) in [5.74, 6) is 0.541. The molecule has 0 radical (unpaired) electrons. The summed E-state index contributed by atoms with van der Waals surface area (Å²) in [4.78, 5) is 19.9. The van der Waals surface area contributed by atoms with Crippen molar-refractivity contribution in [3.8, 4) is 0 Å². The molecule has 0 aliphatic heterocycles. The number of hydrogen-bond acceptors (Lipinski definition) is 4. The Morgan fingerprint density at radius 3 is 2.78 bits per heavy atom. The van der Waals surface area contributed by atoms with Gasteiger partial charge in [-0.25, -0.2) is 9.97 Å². The van der Waals surface area contributed by atoms with Crippen LogP contribution in [0.2, 0.25) is 0 Å². The second-order valence-electron chi connectivity index (χ2n) is 4.55. The molecule has 1 rings (SSSR count). The number of anilines is 1. The molecule has 0 fully saturated rings. The van der Waals surface area contributed by atoms with Crippen molar-refractivity contribution in [2.45, 2.75) is 46.1 Å². The van der Waals surface area contributed by atoms with E-state index in [1.54, 1.807) is 6.07 Å². The minimum Gasteiger partial charge on any atom is -0.368 e. The molecular formula is C13H22N4O. The Morgan fingerprint density at radius 2 is 2.11 bits per heavy atom. The monoisotopic (exact) mass is 250 g/mol. The zero-order chi connectivity index (χ0) is 13.4. The van der Waals surface area contributed by atoms with Crippen LogP contribution in [0.1, 0.15) is 50.5 Å². The predicted octanol–water partition coefficient (Wildman–Crippen LogP) is 2.22. The van der Waals surface area contributed by atoms with Crippen LogP contribution in [0, 0.1) is 0 Å². The summed E-state index contributed by atoms with van der Waals surface area (Å²) in [5, 5.41) is 6.00. The Kier molecular flexibility index (Phi) is 6.11. The van der Waals surface area contributed by atoms with Gasteiger partial charge in [0.25, 0.3) is 5.91 Å². The summed E-state index contributed by atoms with van der Waals surface area (Å²) in [6.07, 6.45) is 4.69. The molecule has 18 heavy (non-hydrogen) atoms. The molecule has 0 unspecified atom stereocenters. The molecule has 100 valence electrons. The first kappa shape index (κ1) is 14.4. The van der Waals surface area contributed by atoms with Gasteiger partial charge in [-0.1, -0.05) is 19.8 Å². The van der Waals surface area contributed by atoms with E-state index in [-0.39, 0.29) is 11.9 Å². The maximum Gasteiger partial charge on any atom is 0.270 e. The van der Waals surface area contributed by atoms with E-state index in [0.717, 1.165) is 19.3 Å². The molecule has 0 aliphatic carbocycles. The first-order valence-electron chi connectivity index (χ1n) is 6.50. The minimum absolute atomic E-state index is 0.139. The van der Waals surface area contributed by atoms with Gasteiger partial charge in [-0.3, -0.25) is 4.79 Å². The van der Waals surface area contributed by atoms with E-state index in [1.807, 2.05) is 13.8 Å². The fourth-order valence-electron chi connectivity index (χ4n) is 1.52. The van der Waals surface area contributed by atoms with E-state index < -0.39 is 0 Å². The van der Waals surface area contributed by atoms with Crippen LogP contribution in [-0.2, 0) is 0 Å². The van der Waals surface area contributed by atoms with Crippen molar-refractivity contribution in [2.24, 2.45) is 0 Å². The lowest BCUT2D eigenvalue weighted by atomic mass is 10.2. The molecule has 0 aromatic carbocycles. The van der Waals surface area contributed by atoms with Gasteiger partial charge in [-0.05, 0) is 20.3 Å². The summed E-state index contributed by atoms with van der Waals surface area (Å²) in [6.45, 7) is 6.87. The number of nitrogens with one attached hydrogen (secondary N) is 2. The third kappa shape index (κ3) is 5.12. The van der Waals surface area contributed by atoms with Crippen LogP contribution in [0.15, 0.2) is 12.4 Å². The number of carbonyl (C=O) groups is 1. The van der Waals surface area contributed by atoms with Gasteiger partial charge in [0.05, 0.1) is 0 Å². The Hall–Kier alpha value is -1.65. The lowest BCUT2D eigenvalue weighted by Gasteiger charge is -2.09. The van der Waals surface area contributed by atoms with Crippen molar-refractivity contribution in [1.82, 2.24) is 15.3 Å². The predicted molar refractivity (Wildman–Crippen MR) is 72.6 cm³/mol. The van der Waals surface area contributed by atoms with Gasteiger partial charge >= 0.3 is 0 Å². The van der Waals surface area contributed by atoms with Gasteiger partial charge in [0.1, 0.15) is 17.8 Å². The number of amides is 1. The van der Waals surface area contributed by atoms with E-state index in [0.29, 0.717) is 18.1 Å². The number of aromatic nitrogens is 2. The highest BCUT2D eigenvalue weighted by Crippen LogP contribution is 2.05. The Balaban J connectivity index is 2.51. The molecule has 5 heteroatoms.